The van der Waals surface area contributed by atoms with Gasteiger partial charge in [0.1, 0.15) is 0 Å². The fourth-order valence-electron chi connectivity index (χ4n) is 1.90. The van der Waals surface area contributed by atoms with Crippen molar-refractivity contribution in [2.75, 3.05) is 0 Å². The maximum atomic E-state index is 6.02. The summed E-state index contributed by atoms with van der Waals surface area (Å²) in [5, 5.41) is 0.203. The molecule has 0 radical (unpaired) electrons. The van der Waals surface area contributed by atoms with E-state index in [1.807, 2.05) is 61.5 Å². The van der Waals surface area contributed by atoms with E-state index in [1.165, 1.54) is 5.56 Å². The Kier molecular flexibility index (Phi) is 3.44. The van der Waals surface area contributed by atoms with Crippen molar-refractivity contribution >= 4 is 11.6 Å². The van der Waals surface area contributed by atoms with Gasteiger partial charge < -0.3 is 0 Å². The molecule has 0 unspecified atom stereocenters. The third-order valence-corrected chi connectivity index (χ3v) is 3.12. The lowest BCUT2D eigenvalue weighted by atomic mass is 10.1. The Hall–Kier alpha value is -2.26. The first kappa shape index (κ1) is 12.8. The van der Waals surface area contributed by atoms with Gasteiger partial charge in [-0.3, -0.25) is 0 Å². The minimum atomic E-state index is 0.203. The zero-order valence-electron chi connectivity index (χ0n) is 10.9. The highest BCUT2D eigenvalue weighted by atomic mass is 35.5. The predicted octanol–water partition coefficient (Wildman–Crippen LogP) is 4.17. The van der Waals surface area contributed by atoms with Crippen molar-refractivity contribution in [3.63, 3.8) is 0 Å². The molecule has 98 valence electrons. The maximum absolute atomic E-state index is 6.02. The molecule has 0 atom stereocenters. The van der Waals surface area contributed by atoms with Crippen LogP contribution in [-0.4, -0.2) is 15.0 Å². The average Bonchev–Trinajstić information content (AvgIpc) is 2.48. The maximum Gasteiger partial charge on any atom is 0.226 e. The molecule has 3 rings (SSSR count). The van der Waals surface area contributed by atoms with Crippen LogP contribution in [0.2, 0.25) is 5.28 Å². The Labute approximate surface area is 122 Å². The van der Waals surface area contributed by atoms with Gasteiger partial charge in [-0.15, -0.1) is 0 Å². The van der Waals surface area contributed by atoms with E-state index in [2.05, 4.69) is 15.0 Å². The molecule has 1 aromatic heterocycles. The fraction of sp³-hybridized carbons (Fsp3) is 0.0625. The molecule has 0 spiro atoms. The minimum absolute atomic E-state index is 0.203. The molecule has 0 aliphatic carbocycles. The van der Waals surface area contributed by atoms with Crippen LogP contribution in [-0.2, 0) is 0 Å². The summed E-state index contributed by atoms with van der Waals surface area (Å²) in [6.07, 6.45) is 0. The van der Waals surface area contributed by atoms with Crippen molar-refractivity contribution in [3.05, 3.63) is 65.4 Å². The van der Waals surface area contributed by atoms with Gasteiger partial charge in [-0.05, 0) is 18.5 Å². The van der Waals surface area contributed by atoms with Crippen molar-refractivity contribution in [2.24, 2.45) is 0 Å². The highest BCUT2D eigenvalue weighted by Gasteiger charge is 2.08. The quantitative estimate of drug-likeness (QED) is 0.708. The Balaban J connectivity index is 2.09. The van der Waals surface area contributed by atoms with Crippen LogP contribution in [0.15, 0.2) is 54.6 Å². The van der Waals surface area contributed by atoms with Crippen molar-refractivity contribution in [2.45, 2.75) is 6.92 Å². The van der Waals surface area contributed by atoms with E-state index in [4.69, 9.17) is 11.6 Å². The summed E-state index contributed by atoms with van der Waals surface area (Å²) in [6, 6.07) is 17.7. The third-order valence-electron chi connectivity index (χ3n) is 2.95. The van der Waals surface area contributed by atoms with Crippen molar-refractivity contribution < 1.29 is 0 Å². The smallest absolute Gasteiger partial charge is 0.208 e. The summed E-state index contributed by atoms with van der Waals surface area (Å²) in [4.78, 5) is 12.9. The second-order valence-corrected chi connectivity index (χ2v) is 4.82. The summed E-state index contributed by atoms with van der Waals surface area (Å²) in [5.74, 6) is 1.17. The van der Waals surface area contributed by atoms with E-state index >= 15 is 0 Å². The molecule has 0 aliphatic heterocycles. The molecular formula is C16H12ClN3. The monoisotopic (exact) mass is 281 g/mol. The topological polar surface area (TPSA) is 38.7 Å². The zero-order valence-corrected chi connectivity index (χ0v) is 11.7. The summed E-state index contributed by atoms with van der Waals surface area (Å²) < 4.78 is 0. The van der Waals surface area contributed by atoms with Crippen LogP contribution in [0.25, 0.3) is 22.8 Å². The van der Waals surface area contributed by atoms with Gasteiger partial charge >= 0.3 is 0 Å². The molecule has 3 aromatic rings. The van der Waals surface area contributed by atoms with E-state index in [9.17, 15) is 0 Å². The van der Waals surface area contributed by atoms with Crippen LogP contribution in [0, 0.1) is 6.92 Å². The summed E-state index contributed by atoms with van der Waals surface area (Å²) in [5.41, 5.74) is 3.04. The highest BCUT2D eigenvalue weighted by Crippen LogP contribution is 2.21. The van der Waals surface area contributed by atoms with Gasteiger partial charge in [-0.1, -0.05) is 60.2 Å². The van der Waals surface area contributed by atoms with Gasteiger partial charge in [0, 0.05) is 11.1 Å². The third kappa shape index (κ3) is 2.68. The number of rotatable bonds is 2. The number of halogens is 1. The van der Waals surface area contributed by atoms with Crippen molar-refractivity contribution in [3.8, 4) is 22.8 Å². The molecule has 4 heteroatoms. The summed E-state index contributed by atoms with van der Waals surface area (Å²) in [6.45, 7) is 2.04. The SMILES string of the molecule is Cc1ccc(-c2nc(Cl)nc(-c3ccccc3)n2)cc1. The average molecular weight is 282 g/mol. The lowest BCUT2D eigenvalue weighted by Gasteiger charge is -2.05. The molecule has 0 N–H and O–H groups in total. The van der Waals surface area contributed by atoms with Gasteiger partial charge in [0.05, 0.1) is 0 Å². The van der Waals surface area contributed by atoms with Crippen molar-refractivity contribution in [1.29, 1.82) is 0 Å². The lowest BCUT2D eigenvalue weighted by molar-refractivity contribution is 1.07. The van der Waals surface area contributed by atoms with Crippen LogP contribution in [0.1, 0.15) is 5.56 Å². The van der Waals surface area contributed by atoms with E-state index in [0.29, 0.717) is 11.6 Å². The van der Waals surface area contributed by atoms with E-state index in [0.717, 1.165) is 11.1 Å². The number of aromatic nitrogens is 3. The summed E-state index contributed by atoms with van der Waals surface area (Å²) >= 11 is 6.02. The van der Waals surface area contributed by atoms with Gasteiger partial charge in [0.2, 0.25) is 5.28 Å². The Morgan fingerprint density at radius 1 is 0.700 bits per heavy atom. The highest BCUT2D eigenvalue weighted by molar-refractivity contribution is 6.28. The first-order valence-electron chi connectivity index (χ1n) is 6.26. The molecule has 0 bridgehead atoms. The first-order valence-corrected chi connectivity index (χ1v) is 6.64. The predicted molar refractivity (Wildman–Crippen MR) is 80.4 cm³/mol. The van der Waals surface area contributed by atoms with Crippen LogP contribution in [0.4, 0.5) is 0 Å². The number of nitrogens with zero attached hydrogens (tertiary/aromatic N) is 3. The number of hydrogen-bond acceptors (Lipinski definition) is 3. The molecule has 1 heterocycles. The van der Waals surface area contributed by atoms with E-state index < -0.39 is 0 Å². The first-order chi connectivity index (χ1) is 9.72. The molecule has 3 nitrogen and oxygen atoms in total. The number of benzene rings is 2. The lowest BCUT2D eigenvalue weighted by Crippen LogP contribution is -1.97. The largest absolute Gasteiger partial charge is 0.226 e. The van der Waals surface area contributed by atoms with Gasteiger partial charge in [-0.25, -0.2) is 4.98 Å². The molecule has 0 saturated heterocycles. The second-order valence-electron chi connectivity index (χ2n) is 4.48. The van der Waals surface area contributed by atoms with E-state index in [-0.39, 0.29) is 5.28 Å². The van der Waals surface area contributed by atoms with Gasteiger partial charge in [-0.2, -0.15) is 9.97 Å². The van der Waals surface area contributed by atoms with Crippen LogP contribution >= 0.6 is 11.6 Å². The molecule has 0 aliphatic rings. The summed E-state index contributed by atoms with van der Waals surface area (Å²) in [7, 11) is 0. The zero-order chi connectivity index (χ0) is 13.9. The van der Waals surface area contributed by atoms with Gasteiger partial charge in [0.25, 0.3) is 0 Å². The van der Waals surface area contributed by atoms with Gasteiger partial charge in [0.15, 0.2) is 11.6 Å². The number of aryl methyl sites for hydroxylation is 1. The van der Waals surface area contributed by atoms with Crippen LogP contribution < -0.4 is 0 Å². The normalized spacial score (nSPS) is 10.5. The fourth-order valence-corrected chi connectivity index (χ4v) is 2.06. The van der Waals surface area contributed by atoms with E-state index in [1.54, 1.807) is 0 Å². The molecule has 2 aromatic carbocycles. The molecule has 20 heavy (non-hydrogen) atoms. The van der Waals surface area contributed by atoms with Crippen LogP contribution in [0.3, 0.4) is 0 Å². The molecule has 0 fully saturated rings. The second kappa shape index (κ2) is 5.39. The Morgan fingerprint density at radius 2 is 1.25 bits per heavy atom. The van der Waals surface area contributed by atoms with Crippen LogP contribution in [0.5, 0.6) is 0 Å². The molecule has 0 amide bonds. The standard InChI is InChI=1S/C16H12ClN3/c1-11-7-9-13(10-8-11)15-18-14(19-16(17)20-15)12-5-3-2-4-6-12/h2-10H,1H3. The Bertz CT molecular complexity index is 724. The number of hydrogen-bond donors (Lipinski definition) is 0. The minimum Gasteiger partial charge on any atom is -0.208 e. The Morgan fingerprint density at radius 3 is 1.85 bits per heavy atom. The molecular weight excluding hydrogens is 270 g/mol. The molecule has 0 saturated carbocycles. The van der Waals surface area contributed by atoms with Crippen molar-refractivity contribution in [1.82, 2.24) is 15.0 Å².